The number of urea groups is 1. The van der Waals surface area contributed by atoms with Crippen molar-refractivity contribution in [3.8, 4) is 0 Å². The summed E-state index contributed by atoms with van der Waals surface area (Å²) in [6.45, 7) is 2.50. The molecule has 9 nitrogen and oxygen atoms in total. The van der Waals surface area contributed by atoms with E-state index in [1.165, 1.54) is 32.1 Å². The Morgan fingerprint density at radius 3 is 2.21 bits per heavy atom. The number of esters is 1. The van der Waals surface area contributed by atoms with E-state index < -0.39 is 18.2 Å². The Labute approximate surface area is 249 Å². The summed E-state index contributed by atoms with van der Waals surface area (Å²) < 4.78 is 11.2. The highest BCUT2D eigenvalue weighted by molar-refractivity contribution is 5.80. The number of carbonyl (C=O) groups is 3. The van der Waals surface area contributed by atoms with Crippen LogP contribution in [0.2, 0.25) is 0 Å². The Morgan fingerprint density at radius 2 is 1.55 bits per heavy atom. The van der Waals surface area contributed by atoms with Gasteiger partial charge in [0.05, 0.1) is 6.61 Å². The molecule has 1 aliphatic carbocycles. The molecule has 1 saturated carbocycles. The van der Waals surface area contributed by atoms with Crippen LogP contribution in [0.15, 0.2) is 60.7 Å². The molecule has 42 heavy (non-hydrogen) atoms. The van der Waals surface area contributed by atoms with Gasteiger partial charge in [0.25, 0.3) is 0 Å². The van der Waals surface area contributed by atoms with Crippen LogP contribution in [0, 0.1) is 11.8 Å². The van der Waals surface area contributed by atoms with Crippen molar-refractivity contribution in [2.75, 3.05) is 39.3 Å². The molecule has 2 aromatic rings. The molecule has 2 N–H and O–H groups in total. The predicted molar refractivity (Wildman–Crippen MR) is 159 cm³/mol. The molecule has 0 radical (unpaired) electrons. The molecular formula is C33H45N3O6. The first-order chi connectivity index (χ1) is 20.5. The maximum Gasteiger partial charge on any atom is 0.410 e. The number of hydrogen-bond acceptors (Lipinski definition) is 6. The van der Waals surface area contributed by atoms with Gasteiger partial charge in [0, 0.05) is 38.3 Å². The average molecular weight is 580 g/mol. The van der Waals surface area contributed by atoms with Gasteiger partial charge in [-0.15, -0.1) is 0 Å². The zero-order valence-corrected chi connectivity index (χ0v) is 24.5. The van der Waals surface area contributed by atoms with Crippen molar-refractivity contribution in [2.24, 2.45) is 11.8 Å². The molecular weight excluding hydrogens is 534 g/mol. The minimum Gasteiger partial charge on any atom is -0.458 e. The number of nitrogens with one attached hydrogen (secondary N) is 1. The SMILES string of the molecule is O=C(OCc1ccccc1)C(OC(=O)N1CCC(CNC(=O)N(CCO)CCC2CCCCC2)CC1)c1ccccc1. The molecule has 1 unspecified atom stereocenters. The molecule has 3 amide bonds. The molecule has 1 saturated heterocycles. The third-order valence-electron chi connectivity index (χ3n) is 8.36. The Kier molecular flexibility index (Phi) is 12.5. The first-order valence-electron chi connectivity index (χ1n) is 15.4. The zero-order valence-electron chi connectivity index (χ0n) is 24.5. The first-order valence-corrected chi connectivity index (χ1v) is 15.4. The highest BCUT2D eigenvalue weighted by Crippen LogP contribution is 2.27. The summed E-state index contributed by atoms with van der Waals surface area (Å²) in [5, 5.41) is 12.5. The van der Waals surface area contributed by atoms with Crippen LogP contribution in [-0.2, 0) is 20.9 Å². The van der Waals surface area contributed by atoms with Crippen LogP contribution >= 0.6 is 0 Å². The number of piperidine rings is 1. The van der Waals surface area contributed by atoms with Crippen LogP contribution in [0.1, 0.15) is 68.6 Å². The van der Waals surface area contributed by atoms with E-state index in [1.54, 1.807) is 34.1 Å². The second kappa shape index (κ2) is 16.8. The van der Waals surface area contributed by atoms with Crippen LogP contribution in [-0.4, -0.2) is 72.3 Å². The van der Waals surface area contributed by atoms with Crippen molar-refractivity contribution in [1.82, 2.24) is 15.1 Å². The molecule has 0 spiro atoms. The maximum absolute atomic E-state index is 13.1. The van der Waals surface area contributed by atoms with Gasteiger partial charge in [-0.2, -0.15) is 0 Å². The van der Waals surface area contributed by atoms with Crippen molar-refractivity contribution < 1.29 is 29.0 Å². The van der Waals surface area contributed by atoms with E-state index in [2.05, 4.69) is 5.32 Å². The highest BCUT2D eigenvalue weighted by Gasteiger charge is 2.31. The number of carbonyl (C=O) groups excluding carboxylic acids is 3. The second-order valence-corrected chi connectivity index (χ2v) is 11.4. The molecule has 2 aliphatic rings. The maximum atomic E-state index is 13.1. The Balaban J connectivity index is 1.23. The summed E-state index contributed by atoms with van der Waals surface area (Å²) in [6.07, 6.45) is 7.01. The lowest BCUT2D eigenvalue weighted by atomic mass is 9.87. The topological polar surface area (TPSA) is 108 Å². The lowest BCUT2D eigenvalue weighted by Gasteiger charge is -2.33. The Bertz CT molecular complexity index is 1100. The number of amides is 3. The summed E-state index contributed by atoms with van der Waals surface area (Å²) in [5.74, 6) is 0.282. The number of aliphatic hydroxyl groups excluding tert-OH is 1. The van der Waals surface area contributed by atoms with E-state index >= 15 is 0 Å². The summed E-state index contributed by atoms with van der Waals surface area (Å²) in [4.78, 5) is 42.3. The molecule has 0 aromatic heterocycles. The lowest BCUT2D eigenvalue weighted by molar-refractivity contribution is -0.156. The normalized spacial score (nSPS) is 16.8. The molecule has 1 atom stereocenters. The van der Waals surface area contributed by atoms with E-state index in [4.69, 9.17) is 9.47 Å². The third kappa shape index (κ3) is 9.76. The number of ether oxygens (including phenoxy) is 2. The third-order valence-corrected chi connectivity index (χ3v) is 8.36. The van der Waals surface area contributed by atoms with Gasteiger partial charge in [-0.3, -0.25) is 0 Å². The molecule has 4 rings (SSSR count). The summed E-state index contributed by atoms with van der Waals surface area (Å²) in [5.41, 5.74) is 1.40. The van der Waals surface area contributed by atoms with Crippen molar-refractivity contribution in [2.45, 2.75) is 64.1 Å². The van der Waals surface area contributed by atoms with Crippen LogP contribution in [0.5, 0.6) is 0 Å². The van der Waals surface area contributed by atoms with E-state index in [0.29, 0.717) is 57.0 Å². The average Bonchev–Trinajstić information content (AvgIpc) is 3.04. The summed E-state index contributed by atoms with van der Waals surface area (Å²) >= 11 is 0. The van der Waals surface area contributed by atoms with Crippen molar-refractivity contribution >= 4 is 18.1 Å². The standard InChI is InChI=1S/C33H45N3O6/c37-23-22-35(19-16-26-10-4-1-5-11-26)32(39)34-24-27-17-20-36(21-18-27)33(40)42-30(29-14-8-3-9-15-29)31(38)41-25-28-12-6-2-7-13-28/h2-3,6-9,12-15,26-27,30,37H,1,4-5,10-11,16-25H2,(H,34,39). The summed E-state index contributed by atoms with van der Waals surface area (Å²) in [7, 11) is 0. The largest absolute Gasteiger partial charge is 0.458 e. The number of rotatable bonds is 12. The van der Waals surface area contributed by atoms with Gasteiger partial charge < -0.3 is 29.7 Å². The van der Waals surface area contributed by atoms with Gasteiger partial charge in [-0.05, 0) is 36.7 Å². The van der Waals surface area contributed by atoms with E-state index in [-0.39, 0.29) is 25.2 Å². The van der Waals surface area contributed by atoms with Crippen LogP contribution in [0.3, 0.4) is 0 Å². The van der Waals surface area contributed by atoms with Gasteiger partial charge in [0.2, 0.25) is 6.10 Å². The van der Waals surface area contributed by atoms with Crippen molar-refractivity contribution in [3.05, 3.63) is 71.8 Å². The zero-order chi connectivity index (χ0) is 29.6. The first kappa shape index (κ1) is 31.3. The fourth-order valence-corrected chi connectivity index (χ4v) is 5.77. The fourth-order valence-electron chi connectivity index (χ4n) is 5.77. The molecule has 9 heteroatoms. The molecule has 2 aromatic carbocycles. The highest BCUT2D eigenvalue weighted by atomic mass is 16.6. The fraction of sp³-hybridized carbons (Fsp3) is 0.545. The van der Waals surface area contributed by atoms with Gasteiger partial charge >= 0.3 is 18.1 Å². The van der Waals surface area contributed by atoms with Crippen molar-refractivity contribution in [1.29, 1.82) is 0 Å². The number of likely N-dealkylation sites (tertiary alicyclic amines) is 1. The molecule has 228 valence electrons. The molecule has 0 bridgehead atoms. The Morgan fingerprint density at radius 1 is 0.881 bits per heavy atom. The summed E-state index contributed by atoms with van der Waals surface area (Å²) in [6, 6.07) is 18.1. The van der Waals surface area contributed by atoms with E-state index in [0.717, 1.165) is 12.0 Å². The minimum absolute atomic E-state index is 0.0532. The number of benzene rings is 2. The van der Waals surface area contributed by atoms with Crippen LogP contribution in [0.4, 0.5) is 9.59 Å². The number of nitrogens with zero attached hydrogens (tertiary/aromatic N) is 2. The molecule has 1 aliphatic heterocycles. The number of hydrogen-bond donors (Lipinski definition) is 2. The van der Waals surface area contributed by atoms with Crippen LogP contribution in [0.25, 0.3) is 0 Å². The number of aliphatic hydroxyl groups is 1. The van der Waals surface area contributed by atoms with Crippen molar-refractivity contribution in [3.63, 3.8) is 0 Å². The Hall–Kier alpha value is -3.59. The van der Waals surface area contributed by atoms with Gasteiger partial charge in [0.15, 0.2) is 0 Å². The lowest BCUT2D eigenvalue weighted by Crippen LogP contribution is -2.46. The van der Waals surface area contributed by atoms with Gasteiger partial charge in [0.1, 0.15) is 6.61 Å². The smallest absolute Gasteiger partial charge is 0.410 e. The van der Waals surface area contributed by atoms with Gasteiger partial charge in [-0.25, -0.2) is 14.4 Å². The quantitative estimate of drug-likeness (QED) is 0.331. The molecule has 2 fully saturated rings. The van der Waals surface area contributed by atoms with Gasteiger partial charge in [-0.1, -0.05) is 92.8 Å². The van der Waals surface area contributed by atoms with E-state index in [1.807, 2.05) is 36.4 Å². The second-order valence-electron chi connectivity index (χ2n) is 11.4. The van der Waals surface area contributed by atoms with E-state index in [9.17, 15) is 19.5 Å². The minimum atomic E-state index is -1.16. The predicted octanol–water partition coefficient (Wildman–Crippen LogP) is 5.29. The monoisotopic (exact) mass is 579 g/mol. The van der Waals surface area contributed by atoms with Crippen LogP contribution < -0.4 is 5.32 Å². The molecule has 1 heterocycles.